The summed E-state index contributed by atoms with van der Waals surface area (Å²) < 4.78 is 60.1. The van der Waals surface area contributed by atoms with E-state index in [2.05, 4.69) is 10.3 Å². The molecule has 2 aromatic carbocycles. The number of benzene rings is 2. The quantitative estimate of drug-likeness (QED) is 0.0564. The first-order chi connectivity index (χ1) is 43.5. The van der Waals surface area contributed by atoms with Crippen molar-refractivity contribution in [2.45, 2.75) is 64.1 Å². The summed E-state index contributed by atoms with van der Waals surface area (Å²) in [6.45, 7) is 6.39. The van der Waals surface area contributed by atoms with Gasteiger partial charge in [-0.15, -0.1) is 0 Å². The number of piperidine rings is 1. The molecule has 0 aliphatic carbocycles. The number of anilines is 1. The smallest absolute Gasteiger partial charge is 0.317 e. The number of carbonyl (C=O) groups is 8. The zero-order valence-electron chi connectivity index (χ0n) is 51.3. The monoisotopic (exact) mass is 1280 g/mol. The first kappa shape index (κ1) is 68.6. The van der Waals surface area contributed by atoms with E-state index in [1.165, 1.54) is 18.0 Å². The van der Waals surface area contributed by atoms with Gasteiger partial charge in [-0.3, -0.25) is 62.9 Å². The molecule has 494 valence electrons. The number of carboxylic acids is 4. The van der Waals surface area contributed by atoms with E-state index < -0.39 is 52.9 Å². The number of nitrogens with zero attached hydrogens (tertiary/aromatic N) is 10. The summed E-state index contributed by atoms with van der Waals surface area (Å²) in [5, 5.41) is 45.4. The van der Waals surface area contributed by atoms with Gasteiger partial charge in [-0.05, 0) is 51.0 Å². The topological polar surface area (TPSA) is 329 Å². The van der Waals surface area contributed by atoms with Crippen molar-refractivity contribution in [1.29, 1.82) is 0 Å². The number of hydrogen-bond acceptors (Lipinski definition) is 19. The van der Waals surface area contributed by atoms with Crippen LogP contribution in [0.15, 0.2) is 48.8 Å². The number of rotatable bonds is 26. The van der Waals surface area contributed by atoms with Crippen LogP contribution in [0.25, 0.3) is 28.1 Å². The summed E-state index contributed by atoms with van der Waals surface area (Å²) in [5.74, 6) is -6.77. The van der Waals surface area contributed by atoms with E-state index in [-0.39, 0.29) is 199 Å². The van der Waals surface area contributed by atoms with Crippen LogP contribution in [0.4, 0.5) is 14.5 Å². The molecule has 2 aromatic heterocycles. The Morgan fingerprint density at radius 3 is 1.85 bits per heavy atom. The fourth-order valence-corrected chi connectivity index (χ4v) is 11.6. The van der Waals surface area contributed by atoms with Crippen LogP contribution >= 0.6 is 0 Å². The Hall–Kier alpha value is -8.26. The van der Waals surface area contributed by atoms with Crippen molar-refractivity contribution >= 4 is 53.2 Å². The molecule has 0 unspecified atom stereocenters. The first-order valence-electron chi connectivity index (χ1n) is 30.1. The maximum atomic E-state index is 14.9. The molecule has 6 heterocycles. The van der Waals surface area contributed by atoms with Crippen LogP contribution in [0.3, 0.4) is 0 Å². The molecule has 5 N–H and O–H groups in total. The number of fused-ring (bicyclic) bond motifs is 3. The standard InChI is InChI=1S/C61H79F2N11O17/c1-61(2)39-90-23-20-73(61)60(86)58-48-38-91-50-31-49(87-3)46(30-47(50)59(48)74(66-58)45-28-41(62)27-42(63)29-45)40-26-43(33-64-32-40)65-51(75)4-5-52(76)72(19-22-89-25-24-88-21-8-54(78)79)44-6-9-71(10-7-44)53(77)34-67-11-13-68(35-55(80)81)15-17-70(37-57(84)85)18-16-69(14-12-67)36-56(82)83/h26-33,44H,4-25,34-39H2,1-3H3,(H,65,75)(H,78,79)(H,80,81)(H,82,83)(H,84,85). The summed E-state index contributed by atoms with van der Waals surface area (Å²) in [6, 6.07) is 7.60. The molecule has 91 heavy (non-hydrogen) atoms. The van der Waals surface area contributed by atoms with Gasteiger partial charge in [0.05, 0.1) is 108 Å². The van der Waals surface area contributed by atoms with Crippen molar-refractivity contribution in [3.05, 3.63) is 71.7 Å². The van der Waals surface area contributed by atoms with Crippen LogP contribution in [-0.2, 0) is 54.4 Å². The van der Waals surface area contributed by atoms with Gasteiger partial charge in [-0.1, -0.05) is 0 Å². The first-order valence-corrected chi connectivity index (χ1v) is 30.1. The Labute approximate surface area is 524 Å². The molecule has 0 atom stereocenters. The molecule has 3 fully saturated rings. The molecule has 3 saturated heterocycles. The molecule has 4 aliphatic heterocycles. The molecule has 28 nitrogen and oxygen atoms in total. The van der Waals surface area contributed by atoms with Crippen LogP contribution in [0.1, 0.15) is 62.0 Å². The van der Waals surface area contributed by atoms with Gasteiger partial charge in [-0.2, -0.15) is 5.10 Å². The van der Waals surface area contributed by atoms with E-state index in [1.54, 1.807) is 53.8 Å². The minimum Gasteiger partial charge on any atom is -0.496 e. The number of nitrogens with one attached hydrogen (secondary N) is 1. The number of carbonyl (C=O) groups excluding carboxylic acids is 4. The van der Waals surface area contributed by atoms with Crippen LogP contribution in [0.2, 0.25) is 0 Å². The van der Waals surface area contributed by atoms with Gasteiger partial charge in [0.2, 0.25) is 17.7 Å². The Kier molecular flexibility index (Phi) is 24.3. The van der Waals surface area contributed by atoms with E-state index in [0.717, 1.165) is 18.2 Å². The fraction of sp³-hybridized carbons (Fsp3) is 0.541. The number of methoxy groups -OCH3 is 1. The van der Waals surface area contributed by atoms with Crippen LogP contribution < -0.4 is 14.8 Å². The number of aromatic nitrogens is 3. The van der Waals surface area contributed by atoms with Crippen molar-refractivity contribution < 1.29 is 91.2 Å². The number of likely N-dealkylation sites (tertiary alicyclic amines) is 1. The lowest BCUT2D eigenvalue weighted by molar-refractivity contribution is -0.141. The normalized spacial score (nSPS) is 17.2. The highest BCUT2D eigenvalue weighted by molar-refractivity contribution is 5.98. The van der Waals surface area contributed by atoms with Crippen molar-refractivity contribution in [3.8, 4) is 39.6 Å². The Morgan fingerprint density at radius 1 is 0.681 bits per heavy atom. The number of pyridine rings is 1. The molecule has 0 radical (unpaired) electrons. The SMILES string of the molecule is COc1cc2c(cc1-c1cncc(NC(=O)CCC(=O)N(CCOCCOCCC(=O)O)C3CCN(C(=O)CN4CCN(CC(=O)O)CCN(CC(=O)O)CCN(CC(=O)O)CC4)CC3)c1)-c1c(c(C(=O)N3CCOCC3(C)C)nn1-c1cc(F)cc(F)c1)CO2. The highest BCUT2D eigenvalue weighted by Crippen LogP contribution is 2.46. The third kappa shape index (κ3) is 19.2. The number of hydrogen-bond donors (Lipinski definition) is 5. The number of aliphatic carboxylic acids is 4. The minimum absolute atomic E-state index is 0.00287. The van der Waals surface area contributed by atoms with E-state index >= 15 is 0 Å². The van der Waals surface area contributed by atoms with Gasteiger partial charge >= 0.3 is 23.9 Å². The van der Waals surface area contributed by atoms with E-state index in [9.17, 15) is 62.5 Å². The Balaban J connectivity index is 0.943. The molecule has 4 aromatic rings. The maximum Gasteiger partial charge on any atom is 0.317 e. The molecule has 0 saturated carbocycles. The van der Waals surface area contributed by atoms with Gasteiger partial charge in [0.1, 0.15) is 29.7 Å². The summed E-state index contributed by atoms with van der Waals surface area (Å²) in [5.41, 5.74) is 1.69. The highest BCUT2D eigenvalue weighted by Gasteiger charge is 2.40. The zero-order chi connectivity index (χ0) is 65.4. The van der Waals surface area contributed by atoms with E-state index in [0.29, 0.717) is 58.9 Å². The lowest BCUT2D eigenvalue weighted by Crippen LogP contribution is -2.55. The largest absolute Gasteiger partial charge is 0.496 e. The average Bonchev–Trinajstić information content (AvgIpc) is 1.63. The number of amides is 4. The van der Waals surface area contributed by atoms with E-state index in [1.807, 2.05) is 18.7 Å². The molecule has 4 amide bonds. The van der Waals surface area contributed by atoms with Gasteiger partial charge in [0.15, 0.2) is 5.69 Å². The van der Waals surface area contributed by atoms with Gasteiger partial charge in [0.25, 0.3) is 5.91 Å². The molecule has 0 bridgehead atoms. The van der Waals surface area contributed by atoms with Crippen LogP contribution in [0, 0.1) is 11.6 Å². The van der Waals surface area contributed by atoms with Crippen molar-refractivity contribution in [1.82, 2.24) is 49.1 Å². The molecule has 8 rings (SSSR count). The molecule has 4 aliphatic rings. The van der Waals surface area contributed by atoms with E-state index in [4.69, 9.17) is 33.9 Å². The minimum atomic E-state index is -1.07. The summed E-state index contributed by atoms with van der Waals surface area (Å²) in [4.78, 5) is 119. The fourth-order valence-electron chi connectivity index (χ4n) is 11.6. The molecule has 30 heteroatoms. The predicted octanol–water partition coefficient (Wildman–Crippen LogP) is 2.55. The number of halogens is 2. The van der Waals surface area contributed by atoms with Gasteiger partial charge in [0, 0.05) is 138 Å². The highest BCUT2D eigenvalue weighted by atomic mass is 19.1. The van der Waals surface area contributed by atoms with Crippen molar-refractivity contribution in [3.63, 3.8) is 0 Å². The van der Waals surface area contributed by atoms with Crippen molar-refractivity contribution in [2.24, 2.45) is 0 Å². The molecule has 0 spiro atoms. The van der Waals surface area contributed by atoms with Gasteiger partial charge < -0.3 is 64.1 Å². The number of ether oxygens (including phenoxy) is 5. The van der Waals surface area contributed by atoms with Gasteiger partial charge in [-0.25, -0.2) is 13.5 Å². The second-order valence-corrected chi connectivity index (χ2v) is 23.2. The third-order valence-electron chi connectivity index (χ3n) is 16.2. The maximum absolute atomic E-state index is 14.9. The number of morpholine rings is 1. The lowest BCUT2D eigenvalue weighted by Gasteiger charge is -2.41. The summed E-state index contributed by atoms with van der Waals surface area (Å²) in [7, 11) is 1.46. The second kappa shape index (κ2) is 32.2. The Morgan fingerprint density at radius 2 is 1.27 bits per heavy atom. The predicted molar refractivity (Wildman–Crippen MR) is 321 cm³/mol. The third-order valence-corrected chi connectivity index (χ3v) is 16.2. The lowest BCUT2D eigenvalue weighted by atomic mass is 9.95. The zero-order valence-corrected chi connectivity index (χ0v) is 51.3. The average molecular weight is 1280 g/mol. The number of carboxylic acid groups (broad SMARTS) is 4. The summed E-state index contributed by atoms with van der Waals surface area (Å²) >= 11 is 0. The summed E-state index contributed by atoms with van der Waals surface area (Å²) in [6.07, 6.45) is 3.10. The molecular formula is C61H79F2N11O17. The van der Waals surface area contributed by atoms with Crippen molar-refractivity contribution in [2.75, 3.05) is 157 Å². The second-order valence-electron chi connectivity index (χ2n) is 23.2. The Bertz CT molecular complexity index is 3220. The van der Waals surface area contributed by atoms with Crippen LogP contribution in [-0.4, -0.2) is 280 Å². The molecular weight excluding hydrogens is 1200 g/mol. The van der Waals surface area contributed by atoms with Crippen LogP contribution in [0.5, 0.6) is 11.5 Å².